The molecule has 1 aromatic heterocycles. The summed E-state index contributed by atoms with van der Waals surface area (Å²) in [6, 6.07) is 18.5. The lowest BCUT2D eigenvalue weighted by Gasteiger charge is -2.26. The monoisotopic (exact) mass is 541 g/mol. The summed E-state index contributed by atoms with van der Waals surface area (Å²) in [7, 11) is -2.43. The summed E-state index contributed by atoms with van der Waals surface area (Å²) in [6.45, 7) is 0.633. The molecule has 0 fully saturated rings. The van der Waals surface area contributed by atoms with E-state index in [4.69, 9.17) is 18.6 Å². The van der Waals surface area contributed by atoms with E-state index in [1.165, 1.54) is 25.3 Å². The molecule has 1 amide bonds. The number of hydrogen-bond donors (Lipinski definition) is 2. The van der Waals surface area contributed by atoms with Gasteiger partial charge in [-0.2, -0.15) is 0 Å². The maximum Gasteiger partial charge on any atom is 0.262 e. The van der Waals surface area contributed by atoms with E-state index in [-0.39, 0.29) is 27.9 Å². The van der Waals surface area contributed by atoms with Crippen molar-refractivity contribution in [2.24, 2.45) is 0 Å². The number of nitrogens with one attached hydrogen (secondary N) is 2. The van der Waals surface area contributed by atoms with Gasteiger partial charge in [0.1, 0.15) is 24.0 Å². The molecule has 5 rings (SSSR count). The first-order chi connectivity index (χ1) is 17.9. The minimum atomic E-state index is -3.90. The van der Waals surface area contributed by atoms with Crippen LogP contribution in [-0.4, -0.2) is 51.4 Å². The molecule has 4 aromatic rings. The summed E-state index contributed by atoms with van der Waals surface area (Å²) in [5.41, 5.74) is 1.09. The molecule has 0 bridgehead atoms. The Bertz CT molecular complexity index is 1540. The third kappa shape index (κ3) is 5.75. The molecule has 0 saturated carbocycles. The second kappa shape index (κ2) is 10.6. The van der Waals surface area contributed by atoms with Gasteiger partial charge in [0.05, 0.1) is 30.0 Å². The van der Waals surface area contributed by atoms with Crippen molar-refractivity contribution < 1.29 is 31.8 Å². The van der Waals surface area contributed by atoms with Crippen LogP contribution >= 0.6 is 11.8 Å². The predicted molar refractivity (Wildman–Crippen MR) is 138 cm³/mol. The number of ether oxygens (including phenoxy) is 3. The molecule has 0 spiro atoms. The van der Waals surface area contributed by atoms with Gasteiger partial charge < -0.3 is 23.9 Å². The fraction of sp³-hybridized carbons (Fsp3) is 0.200. The molecule has 3 aromatic carbocycles. The summed E-state index contributed by atoms with van der Waals surface area (Å²) in [5.74, 6) is 1.57. The Kier molecular flexibility index (Phi) is 7.10. The lowest BCUT2D eigenvalue weighted by atomic mass is 10.2. The van der Waals surface area contributed by atoms with Crippen LogP contribution in [0.4, 0.5) is 5.69 Å². The molecule has 192 valence electrons. The van der Waals surface area contributed by atoms with Crippen LogP contribution in [-0.2, 0) is 14.8 Å². The first-order valence-corrected chi connectivity index (χ1v) is 13.7. The van der Waals surface area contributed by atoms with Crippen LogP contribution in [0.3, 0.4) is 0 Å². The summed E-state index contributed by atoms with van der Waals surface area (Å²) in [4.78, 5) is 16.7. The zero-order valence-corrected chi connectivity index (χ0v) is 21.3. The van der Waals surface area contributed by atoms with E-state index in [1.807, 2.05) is 24.3 Å². The van der Waals surface area contributed by atoms with E-state index in [9.17, 15) is 13.2 Å². The number of carbonyl (C=O) groups is 1. The number of carbonyl (C=O) groups excluding carboxylic acids is 1. The number of fused-ring (bicyclic) bond motifs is 2. The largest absolute Gasteiger partial charge is 0.495 e. The van der Waals surface area contributed by atoms with Gasteiger partial charge in [-0.15, -0.1) is 0 Å². The van der Waals surface area contributed by atoms with Crippen LogP contribution in [0.1, 0.15) is 0 Å². The highest BCUT2D eigenvalue weighted by atomic mass is 32.2. The number of anilines is 1. The van der Waals surface area contributed by atoms with Gasteiger partial charge in [-0.1, -0.05) is 36.0 Å². The van der Waals surface area contributed by atoms with E-state index in [1.54, 1.807) is 24.3 Å². The van der Waals surface area contributed by atoms with Crippen LogP contribution in [0.2, 0.25) is 0 Å². The third-order valence-corrected chi connectivity index (χ3v) is 7.61. The smallest absolute Gasteiger partial charge is 0.262 e. The molecular weight excluding hydrogens is 518 g/mol. The van der Waals surface area contributed by atoms with Gasteiger partial charge in [0, 0.05) is 0 Å². The van der Waals surface area contributed by atoms with E-state index in [0.717, 1.165) is 11.8 Å². The first-order valence-electron chi connectivity index (χ1n) is 11.3. The fourth-order valence-corrected chi connectivity index (χ4v) is 5.38. The number of sulfonamides is 1. The first kappa shape index (κ1) is 24.8. The van der Waals surface area contributed by atoms with Gasteiger partial charge >= 0.3 is 0 Å². The molecule has 12 heteroatoms. The number of rotatable bonds is 9. The average Bonchev–Trinajstić information content (AvgIpc) is 3.33. The lowest BCUT2D eigenvalue weighted by Crippen LogP contribution is -2.41. The minimum Gasteiger partial charge on any atom is -0.495 e. The Morgan fingerprint density at radius 3 is 2.73 bits per heavy atom. The molecule has 1 unspecified atom stereocenters. The van der Waals surface area contributed by atoms with E-state index in [0.29, 0.717) is 47.2 Å². The maximum absolute atomic E-state index is 12.9. The highest BCUT2D eigenvalue weighted by Crippen LogP contribution is 2.31. The Hall–Kier alpha value is -3.90. The zero-order valence-electron chi connectivity index (χ0n) is 19.7. The molecule has 0 radical (unpaired) electrons. The number of oxazole rings is 1. The summed E-state index contributed by atoms with van der Waals surface area (Å²) in [5, 5.41) is 3.07. The van der Waals surface area contributed by atoms with Gasteiger partial charge in [0.15, 0.2) is 17.1 Å². The number of para-hydroxylation sites is 4. The van der Waals surface area contributed by atoms with Gasteiger partial charge in [-0.05, 0) is 42.5 Å². The molecule has 1 aliphatic heterocycles. The minimum absolute atomic E-state index is 0.0183. The number of benzene rings is 3. The molecular formula is C25H23N3O7S2. The van der Waals surface area contributed by atoms with Crippen LogP contribution in [0.5, 0.6) is 17.2 Å². The van der Waals surface area contributed by atoms with Gasteiger partial charge in [-0.3, -0.25) is 9.52 Å². The molecule has 1 atom stereocenters. The number of nitrogens with zero attached hydrogens (tertiary/aromatic N) is 1. The lowest BCUT2D eigenvalue weighted by molar-refractivity contribution is -0.119. The quantitative estimate of drug-likeness (QED) is 0.305. The van der Waals surface area contributed by atoms with Crippen LogP contribution < -0.4 is 24.2 Å². The average molecular weight is 542 g/mol. The van der Waals surface area contributed by atoms with Crippen molar-refractivity contribution in [2.45, 2.75) is 16.2 Å². The number of hydrogen-bond acceptors (Lipinski definition) is 9. The Balaban J connectivity index is 1.18. The van der Waals surface area contributed by atoms with Crippen molar-refractivity contribution in [3.8, 4) is 17.2 Å². The van der Waals surface area contributed by atoms with Crippen molar-refractivity contribution in [3.63, 3.8) is 0 Å². The Labute approximate surface area is 217 Å². The number of amides is 1. The van der Waals surface area contributed by atoms with E-state index in [2.05, 4.69) is 15.0 Å². The van der Waals surface area contributed by atoms with E-state index >= 15 is 0 Å². The van der Waals surface area contributed by atoms with Crippen molar-refractivity contribution in [3.05, 3.63) is 66.7 Å². The van der Waals surface area contributed by atoms with Crippen LogP contribution in [0, 0.1) is 0 Å². The SMILES string of the molecule is COc1ccccc1NS(=O)(=O)c1ccc2oc(SCC(=O)NCC3COc4ccccc4O3)nc2c1. The van der Waals surface area contributed by atoms with Crippen molar-refractivity contribution in [1.29, 1.82) is 0 Å². The Morgan fingerprint density at radius 1 is 1.11 bits per heavy atom. The number of aromatic nitrogens is 1. The van der Waals surface area contributed by atoms with Crippen LogP contribution in [0.25, 0.3) is 11.1 Å². The standard InChI is InChI=1S/C25H23N3O7S2/c1-32-20-7-3-2-6-18(20)28-37(30,31)17-10-11-21-19(12-17)27-25(35-21)36-15-24(29)26-13-16-14-33-22-8-4-5-9-23(22)34-16/h2-12,16,28H,13-15H2,1H3,(H,26,29). The summed E-state index contributed by atoms with van der Waals surface area (Å²) < 4.78 is 50.7. The van der Waals surface area contributed by atoms with Crippen LogP contribution in [0.15, 0.2) is 81.3 Å². The van der Waals surface area contributed by atoms with Gasteiger partial charge in [0.25, 0.3) is 15.2 Å². The third-order valence-electron chi connectivity index (χ3n) is 5.42. The zero-order chi connectivity index (χ0) is 25.8. The summed E-state index contributed by atoms with van der Waals surface area (Å²) in [6.07, 6.45) is -0.294. The fourth-order valence-electron chi connectivity index (χ4n) is 3.62. The molecule has 1 aliphatic rings. The Morgan fingerprint density at radius 2 is 1.89 bits per heavy atom. The highest BCUT2D eigenvalue weighted by Gasteiger charge is 2.22. The number of methoxy groups -OCH3 is 1. The predicted octanol–water partition coefficient (Wildman–Crippen LogP) is 3.69. The maximum atomic E-state index is 12.9. The van der Waals surface area contributed by atoms with Gasteiger partial charge in [0.2, 0.25) is 5.91 Å². The molecule has 0 aliphatic carbocycles. The molecule has 0 saturated heterocycles. The molecule has 2 heterocycles. The van der Waals surface area contributed by atoms with Crippen molar-refractivity contribution in [2.75, 3.05) is 30.7 Å². The summed E-state index contributed by atoms with van der Waals surface area (Å²) >= 11 is 1.11. The van der Waals surface area contributed by atoms with E-state index < -0.39 is 10.0 Å². The van der Waals surface area contributed by atoms with Crippen molar-refractivity contribution >= 4 is 44.5 Å². The molecule has 37 heavy (non-hydrogen) atoms. The second-order valence-electron chi connectivity index (χ2n) is 8.01. The van der Waals surface area contributed by atoms with Crippen molar-refractivity contribution in [1.82, 2.24) is 10.3 Å². The molecule has 10 nitrogen and oxygen atoms in total. The van der Waals surface area contributed by atoms with Gasteiger partial charge in [-0.25, -0.2) is 13.4 Å². The second-order valence-corrected chi connectivity index (χ2v) is 10.6. The highest BCUT2D eigenvalue weighted by molar-refractivity contribution is 7.99. The number of thioether (sulfide) groups is 1. The normalized spacial score (nSPS) is 14.8. The topological polar surface area (TPSA) is 129 Å². The molecule has 2 N–H and O–H groups in total.